The third-order valence-electron chi connectivity index (χ3n) is 2.26. The highest BCUT2D eigenvalue weighted by Crippen LogP contribution is 2.18. The fourth-order valence-corrected chi connectivity index (χ4v) is 1.60. The van der Waals surface area contributed by atoms with E-state index in [0.29, 0.717) is 0 Å². The van der Waals surface area contributed by atoms with Crippen LogP contribution < -0.4 is 16.6 Å². The van der Waals surface area contributed by atoms with Gasteiger partial charge in [-0.1, -0.05) is 0 Å². The monoisotopic (exact) mass is 287 g/mol. The average Bonchev–Trinajstić information content (AvgIpc) is 3.02. The molecule has 0 aliphatic heterocycles. The van der Waals surface area contributed by atoms with Gasteiger partial charge in [-0.15, -0.1) is 0 Å². The number of carbonyl (C=O) groups is 1. The number of aromatic nitrogens is 2. The van der Waals surface area contributed by atoms with Gasteiger partial charge in [-0.25, -0.2) is 9.36 Å². The SMILES string of the molecule is O=C(Cn1c(=O)[nH]cc(Br)c1=O)NC1CC1. The summed E-state index contributed by atoms with van der Waals surface area (Å²) < 4.78 is 1.09. The van der Waals surface area contributed by atoms with Crippen molar-refractivity contribution in [2.45, 2.75) is 25.4 Å². The Labute approximate surface area is 98.8 Å². The van der Waals surface area contributed by atoms with Crippen molar-refractivity contribution >= 4 is 21.8 Å². The van der Waals surface area contributed by atoms with Crippen LogP contribution >= 0.6 is 15.9 Å². The molecular weight excluding hydrogens is 278 g/mol. The maximum atomic E-state index is 11.5. The van der Waals surface area contributed by atoms with Crippen LogP contribution in [-0.2, 0) is 11.3 Å². The smallest absolute Gasteiger partial charge is 0.328 e. The van der Waals surface area contributed by atoms with Gasteiger partial charge >= 0.3 is 5.69 Å². The molecule has 1 fully saturated rings. The first-order chi connectivity index (χ1) is 7.58. The molecule has 1 amide bonds. The van der Waals surface area contributed by atoms with E-state index in [-0.39, 0.29) is 23.0 Å². The number of amides is 1. The van der Waals surface area contributed by atoms with Crippen molar-refractivity contribution < 1.29 is 4.79 Å². The summed E-state index contributed by atoms with van der Waals surface area (Å²) in [5.41, 5.74) is -1.09. The molecule has 1 heterocycles. The molecule has 1 aliphatic rings. The molecule has 1 saturated carbocycles. The van der Waals surface area contributed by atoms with Gasteiger partial charge in [0.15, 0.2) is 0 Å². The molecule has 0 spiro atoms. The first kappa shape index (κ1) is 11.1. The van der Waals surface area contributed by atoms with Crippen LogP contribution in [0.3, 0.4) is 0 Å². The molecule has 86 valence electrons. The lowest BCUT2D eigenvalue weighted by molar-refractivity contribution is -0.121. The minimum absolute atomic E-state index is 0.217. The largest absolute Gasteiger partial charge is 0.352 e. The molecule has 0 unspecified atom stereocenters. The summed E-state index contributed by atoms with van der Waals surface area (Å²) in [4.78, 5) is 36.7. The molecule has 16 heavy (non-hydrogen) atoms. The molecule has 7 heteroatoms. The van der Waals surface area contributed by atoms with Gasteiger partial charge in [0, 0.05) is 12.2 Å². The Kier molecular flexibility index (Phi) is 2.95. The van der Waals surface area contributed by atoms with Crippen molar-refractivity contribution in [1.29, 1.82) is 0 Å². The lowest BCUT2D eigenvalue weighted by Gasteiger charge is -2.05. The van der Waals surface area contributed by atoms with E-state index in [0.717, 1.165) is 17.4 Å². The third-order valence-corrected chi connectivity index (χ3v) is 2.83. The summed E-state index contributed by atoms with van der Waals surface area (Å²) >= 11 is 3.00. The second kappa shape index (κ2) is 4.25. The van der Waals surface area contributed by atoms with Gasteiger partial charge in [-0.3, -0.25) is 9.59 Å². The predicted molar refractivity (Wildman–Crippen MR) is 60.2 cm³/mol. The fraction of sp³-hybridized carbons (Fsp3) is 0.444. The van der Waals surface area contributed by atoms with Crippen LogP contribution in [0.5, 0.6) is 0 Å². The Hall–Kier alpha value is -1.37. The number of nitrogens with one attached hydrogen (secondary N) is 2. The molecule has 0 atom stereocenters. The van der Waals surface area contributed by atoms with Crippen molar-refractivity contribution in [3.8, 4) is 0 Å². The zero-order chi connectivity index (χ0) is 11.7. The number of carbonyl (C=O) groups excluding carboxylic acids is 1. The van der Waals surface area contributed by atoms with Crippen LogP contribution in [0.15, 0.2) is 20.3 Å². The molecule has 0 radical (unpaired) electrons. The Bertz CT molecular complexity index is 530. The Morgan fingerprint density at radius 1 is 1.56 bits per heavy atom. The first-order valence-corrected chi connectivity index (χ1v) is 5.64. The summed E-state index contributed by atoms with van der Waals surface area (Å²) in [7, 11) is 0. The van der Waals surface area contributed by atoms with Crippen LogP contribution in [0.4, 0.5) is 0 Å². The van der Waals surface area contributed by atoms with Gasteiger partial charge in [0.1, 0.15) is 6.54 Å². The Balaban J connectivity index is 2.19. The quantitative estimate of drug-likeness (QED) is 0.792. The van der Waals surface area contributed by atoms with Crippen LogP contribution in [0, 0.1) is 0 Å². The maximum Gasteiger partial charge on any atom is 0.328 e. The summed E-state index contributed by atoms with van der Waals surface area (Å²) in [6, 6.07) is 0.217. The van der Waals surface area contributed by atoms with E-state index in [1.807, 2.05) is 0 Å². The number of aromatic amines is 1. The lowest BCUT2D eigenvalue weighted by Crippen LogP contribution is -2.41. The number of rotatable bonds is 3. The number of nitrogens with zero attached hydrogens (tertiary/aromatic N) is 1. The van der Waals surface area contributed by atoms with E-state index in [9.17, 15) is 14.4 Å². The van der Waals surface area contributed by atoms with Gasteiger partial charge in [0.25, 0.3) is 5.56 Å². The Morgan fingerprint density at radius 2 is 2.25 bits per heavy atom. The molecule has 0 saturated heterocycles. The van der Waals surface area contributed by atoms with E-state index in [1.165, 1.54) is 6.20 Å². The Morgan fingerprint density at radius 3 is 2.88 bits per heavy atom. The van der Waals surface area contributed by atoms with E-state index in [4.69, 9.17) is 0 Å². The molecule has 2 rings (SSSR count). The van der Waals surface area contributed by atoms with E-state index in [1.54, 1.807) is 0 Å². The minimum atomic E-state index is -0.584. The third kappa shape index (κ3) is 2.41. The van der Waals surface area contributed by atoms with E-state index in [2.05, 4.69) is 26.2 Å². The lowest BCUT2D eigenvalue weighted by atomic mass is 10.5. The number of H-pyrrole nitrogens is 1. The van der Waals surface area contributed by atoms with Gasteiger partial charge < -0.3 is 10.3 Å². The molecule has 0 aromatic carbocycles. The zero-order valence-electron chi connectivity index (χ0n) is 8.33. The van der Waals surface area contributed by atoms with Crippen molar-refractivity contribution in [3.63, 3.8) is 0 Å². The highest BCUT2D eigenvalue weighted by molar-refractivity contribution is 9.10. The molecular formula is C9H10BrN3O3. The number of hydrogen-bond donors (Lipinski definition) is 2. The summed E-state index contributed by atoms with van der Waals surface area (Å²) in [5, 5.41) is 2.71. The minimum Gasteiger partial charge on any atom is -0.352 e. The van der Waals surface area contributed by atoms with Crippen LogP contribution in [-0.4, -0.2) is 21.5 Å². The number of halogens is 1. The van der Waals surface area contributed by atoms with Crippen LogP contribution in [0.25, 0.3) is 0 Å². The molecule has 0 bridgehead atoms. The second-order valence-corrected chi connectivity index (χ2v) is 4.53. The first-order valence-electron chi connectivity index (χ1n) is 4.85. The molecule has 1 aromatic rings. The maximum absolute atomic E-state index is 11.5. The van der Waals surface area contributed by atoms with Crippen LogP contribution in [0.2, 0.25) is 0 Å². The average molecular weight is 288 g/mol. The highest BCUT2D eigenvalue weighted by atomic mass is 79.9. The second-order valence-electron chi connectivity index (χ2n) is 3.67. The van der Waals surface area contributed by atoms with Gasteiger partial charge in [0.05, 0.1) is 4.47 Å². The molecule has 1 aromatic heterocycles. The van der Waals surface area contributed by atoms with Crippen molar-refractivity contribution in [2.75, 3.05) is 0 Å². The summed E-state index contributed by atoms with van der Waals surface area (Å²) in [6.45, 7) is -0.246. The topological polar surface area (TPSA) is 84.0 Å². The number of hydrogen-bond acceptors (Lipinski definition) is 3. The zero-order valence-corrected chi connectivity index (χ0v) is 9.91. The van der Waals surface area contributed by atoms with Crippen molar-refractivity contribution in [3.05, 3.63) is 31.5 Å². The standard InChI is InChI=1S/C9H10BrN3O3/c10-6-3-11-9(16)13(8(6)15)4-7(14)12-5-1-2-5/h3,5H,1-2,4H2,(H,11,16)(H,12,14). The van der Waals surface area contributed by atoms with E-state index < -0.39 is 11.2 Å². The summed E-state index contributed by atoms with van der Waals surface area (Å²) in [6.07, 6.45) is 3.20. The van der Waals surface area contributed by atoms with Gasteiger partial charge in [0.2, 0.25) is 5.91 Å². The predicted octanol–water partition coefficient (Wildman–Crippen LogP) is -0.422. The van der Waals surface area contributed by atoms with E-state index >= 15 is 0 Å². The van der Waals surface area contributed by atoms with Gasteiger partial charge in [-0.05, 0) is 28.8 Å². The van der Waals surface area contributed by atoms with Crippen molar-refractivity contribution in [1.82, 2.24) is 14.9 Å². The van der Waals surface area contributed by atoms with Gasteiger partial charge in [-0.2, -0.15) is 0 Å². The molecule has 1 aliphatic carbocycles. The summed E-state index contributed by atoms with van der Waals surface area (Å²) in [5.74, 6) is -0.312. The molecule has 6 nitrogen and oxygen atoms in total. The van der Waals surface area contributed by atoms with Crippen LogP contribution in [0.1, 0.15) is 12.8 Å². The molecule has 2 N–H and O–H groups in total. The van der Waals surface area contributed by atoms with Crippen molar-refractivity contribution in [2.24, 2.45) is 0 Å². The normalized spacial score (nSPS) is 14.8. The highest BCUT2D eigenvalue weighted by Gasteiger charge is 2.23. The fourth-order valence-electron chi connectivity index (χ4n) is 1.27.